The van der Waals surface area contributed by atoms with E-state index < -0.39 is 179 Å². The average molecular weight is 1440 g/mol. The lowest BCUT2D eigenvalue weighted by Crippen LogP contribution is -2.62. The molecule has 33 heteroatoms. The van der Waals surface area contributed by atoms with Crippen molar-refractivity contribution >= 4 is 76.9 Å². The van der Waals surface area contributed by atoms with Crippen LogP contribution in [0.3, 0.4) is 0 Å². The Morgan fingerprint density at radius 2 is 0.824 bits per heavy atom. The number of benzene rings is 1. The average Bonchev–Trinajstić information content (AvgIpc) is 1.57. The summed E-state index contributed by atoms with van der Waals surface area (Å²) in [7, 11) is 0. The SMILES string of the molecule is CC(C)C[C@H](NC(=O)[C@@H](NC(=O)[C@H](Cc1ccc(O)cc1)NC(=O)[C@@H](NC(=O)[C@H](C)NC(=O)[C@H](C)NC(=O)[C@@H](NC(=O)[C@@H]1CCCN1C(=O)[C@H](CCCCN)NC(=O)[C@H](CCCCN)NC(=O)[C@H](CCCCN)NC(=O)[C@@H](N)CCCCN)C(C)C)[C@@H](C)O)C(C)C)C(=O)N[C@H](C(=O)O)C(C)C. The lowest BCUT2D eigenvalue weighted by atomic mass is 9.98. The number of carboxylic acids is 1. The number of likely N-dealkylation sites (tertiary alicyclic amines) is 1. The van der Waals surface area contributed by atoms with Crippen LogP contribution in [0.5, 0.6) is 5.75 Å². The van der Waals surface area contributed by atoms with E-state index in [0.717, 1.165) is 0 Å². The zero-order valence-electron chi connectivity index (χ0n) is 61.5. The third kappa shape index (κ3) is 31.2. The second kappa shape index (κ2) is 46.5. The van der Waals surface area contributed by atoms with Gasteiger partial charge in [-0.15, -0.1) is 0 Å². The first-order valence-corrected chi connectivity index (χ1v) is 35.9. The fraction of sp³-hybridized carbons (Fsp3) is 0.725. The molecule has 0 bridgehead atoms. The maximum Gasteiger partial charge on any atom is 0.326 e. The smallest absolute Gasteiger partial charge is 0.326 e. The summed E-state index contributed by atoms with van der Waals surface area (Å²) in [6.45, 7) is 18.6. The number of amides is 12. The first-order valence-electron chi connectivity index (χ1n) is 35.9. The number of rotatable bonds is 48. The molecule has 1 fully saturated rings. The highest BCUT2D eigenvalue weighted by atomic mass is 16.4. The quantitative estimate of drug-likeness (QED) is 0.0303. The number of aliphatic carboxylic acids is 1. The Morgan fingerprint density at radius 1 is 0.441 bits per heavy atom. The number of aromatic hydroxyl groups is 1. The summed E-state index contributed by atoms with van der Waals surface area (Å²) >= 11 is 0. The van der Waals surface area contributed by atoms with Gasteiger partial charge in [0, 0.05) is 13.0 Å². The molecule has 14 atom stereocenters. The number of hydrogen-bond donors (Lipinski definition) is 19. The summed E-state index contributed by atoms with van der Waals surface area (Å²) in [5.74, 6) is -12.6. The van der Waals surface area contributed by atoms with Crippen molar-refractivity contribution in [1.82, 2.24) is 63.4 Å². The van der Waals surface area contributed by atoms with E-state index >= 15 is 0 Å². The number of nitrogens with one attached hydrogen (secondary N) is 11. The third-order valence-electron chi connectivity index (χ3n) is 17.5. The number of phenols is 1. The van der Waals surface area contributed by atoms with Crippen molar-refractivity contribution in [3.05, 3.63) is 29.8 Å². The number of aliphatic hydroxyl groups is 1. The molecule has 578 valence electrons. The van der Waals surface area contributed by atoms with Gasteiger partial charge in [0.25, 0.3) is 0 Å². The molecule has 0 spiro atoms. The molecule has 1 aromatic carbocycles. The Morgan fingerprint density at radius 3 is 1.30 bits per heavy atom. The van der Waals surface area contributed by atoms with Crippen molar-refractivity contribution in [1.29, 1.82) is 0 Å². The molecular weight excluding hydrogens is 1320 g/mol. The van der Waals surface area contributed by atoms with Crippen LogP contribution in [-0.2, 0) is 68.7 Å². The van der Waals surface area contributed by atoms with Crippen molar-refractivity contribution in [2.45, 2.75) is 264 Å². The van der Waals surface area contributed by atoms with Crippen LogP contribution in [-0.4, -0.2) is 214 Å². The molecule has 24 N–H and O–H groups in total. The number of hydrogen-bond acceptors (Lipinski definition) is 20. The van der Waals surface area contributed by atoms with Crippen molar-refractivity contribution in [2.24, 2.45) is 52.3 Å². The summed E-state index contributed by atoms with van der Waals surface area (Å²) in [4.78, 5) is 181. The maximum atomic E-state index is 14.7. The summed E-state index contributed by atoms with van der Waals surface area (Å²) in [6.07, 6.45) is 3.70. The number of nitrogens with two attached hydrogens (primary N) is 5. The number of aliphatic hydroxyl groups excluding tert-OH is 1. The topological polar surface area (TPSA) is 548 Å². The molecule has 0 aliphatic carbocycles. The second-order valence-corrected chi connectivity index (χ2v) is 28.0. The summed E-state index contributed by atoms with van der Waals surface area (Å²) in [5, 5.41) is 59.5. The van der Waals surface area contributed by atoms with Gasteiger partial charge in [0.1, 0.15) is 78.3 Å². The van der Waals surface area contributed by atoms with Gasteiger partial charge in [-0.2, -0.15) is 0 Å². The normalized spacial score (nSPS) is 16.8. The van der Waals surface area contributed by atoms with E-state index in [0.29, 0.717) is 89.4 Å². The van der Waals surface area contributed by atoms with Crippen LogP contribution in [0.25, 0.3) is 0 Å². The van der Waals surface area contributed by atoms with Gasteiger partial charge in [-0.25, -0.2) is 4.79 Å². The molecule has 102 heavy (non-hydrogen) atoms. The van der Waals surface area contributed by atoms with Gasteiger partial charge in [0.05, 0.1) is 12.1 Å². The van der Waals surface area contributed by atoms with Crippen LogP contribution in [0.4, 0.5) is 0 Å². The standard InChI is InChI=1S/C69H121N17O16/c1-37(2)35-50(62(94)84-55(40(7)8)69(101)102)80-66(98)54(39(5)6)82-63(95)51(36-44-26-28-45(88)29-27-44)81-67(99)56(43(11)87)85-58(90)42(10)75-57(89)41(9)76-65(97)53(38(3)4)83-64(96)52-25-20-34-86(52)68(100)49(24-15-19-33-73)79-61(93)48(23-14-18-32-72)78-60(92)47(22-13-17-31-71)77-59(91)46(74)21-12-16-30-70/h26-29,37-43,46-56,87-88H,12-25,30-36,70-74H2,1-11H3,(H,75,89)(H,76,97)(H,77,91)(H,78,92)(H,79,93)(H,80,98)(H,81,99)(H,82,95)(H,83,96)(H,84,94)(H,85,90)(H,101,102)/t41-,42-,43+,46-,47-,48-,49-,50-,51-,52-,53-,54-,55-,56-/m0/s1. The first-order chi connectivity index (χ1) is 48.0. The van der Waals surface area contributed by atoms with E-state index in [9.17, 15) is 77.6 Å². The lowest BCUT2D eigenvalue weighted by molar-refractivity contribution is -0.143. The summed E-state index contributed by atoms with van der Waals surface area (Å²) in [6, 6.07) is -11.0. The van der Waals surface area contributed by atoms with E-state index in [2.05, 4.69) is 58.5 Å². The predicted molar refractivity (Wildman–Crippen MR) is 382 cm³/mol. The number of phenolic OH excluding ortho intramolecular Hbond substituents is 1. The minimum Gasteiger partial charge on any atom is -0.508 e. The number of carbonyl (C=O) groups excluding carboxylic acids is 12. The van der Waals surface area contributed by atoms with Gasteiger partial charge in [0.15, 0.2) is 0 Å². The molecule has 1 heterocycles. The Kier molecular flexibility index (Phi) is 41.0. The Balaban J connectivity index is 2.30. The summed E-state index contributed by atoms with van der Waals surface area (Å²) < 4.78 is 0. The van der Waals surface area contributed by atoms with Crippen LogP contribution >= 0.6 is 0 Å². The Hall–Kier alpha value is -8.11. The highest BCUT2D eigenvalue weighted by Crippen LogP contribution is 2.22. The van der Waals surface area contributed by atoms with E-state index in [-0.39, 0.29) is 63.3 Å². The molecule has 1 aromatic rings. The highest BCUT2D eigenvalue weighted by molar-refractivity contribution is 6.00. The van der Waals surface area contributed by atoms with Crippen LogP contribution in [0.15, 0.2) is 24.3 Å². The van der Waals surface area contributed by atoms with Crippen molar-refractivity contribution in [2.75, 3.05) is 32.7 Å². The first kappa shape index (κ1) is 90.0. The van der Waals surface area contributed by atoms with Crippen LogP contribution in [0, 0.1) is 23.7 Å². The van der Waals surface area contributed by atoms with E-state index in [1.165, 1.54) is 49.9 Å². The number of unbranched alkanes of at least 4 members (excludes halogenated alkanes) is 4. The largest absolute Gasteiger partial charge is 0.508 e. The predicted octanol–water partition coefficient (Wildman–Crippen LogP) is -2.38. The van der Waals surface area contributed by atoms with Crippen molar-refractivity contribution in [3.63, 3.8) is 0 Å². The van der Waals surface area contributed by atoms with Gasteiger partial charge < -0.3 is 107 Å². The van der Waals surface area contributed by atoms with E-state index in [1.54, 1.807) is 55.4 Å². The highest BCUT2D eigenvalue weighted by Gasteiger charge is 2.42. The molecule has 1 aliphatic heterocycles. The second-order valence-electron chi connectivity index (χ2n) is 28.0. The fourth-order valence-electron chi connectivity index (χ4n) is 11.3. The molecule has 33 nitrogen and oxygen atoms in total. The number of nitrogens with zero attached hydrogens (tertiary/aromatic N) is 1. The molecule has 12 amide bonds. The van der Waals surface area contributed by atoms with Gasteiger partial charge in [-0.3, -0.25) is 57.5 Å². The zero-order valence-corrected chi connectivity index (χ0v) is 61.5. The molecule has 0 aromatic heterocycles. The molecule has 1 saturated heterocycles. The van der Waals surface area contributed by atoms with Gasteiger partial charge in [-0.1, -0.05) is 73.9 Å². The number of carboxylic acid groups (broad SMARTS) is 1. The lowest BCUT2D eigenvalue weighted by Gasteiger charge is -2.31. The van der Waals surface area contributed by atoms with Crippen LogP contribution in [0.2, 0.25) is 0 Å². The fourth-order valence-corrected chi connectivity index (χ4v) is 11.3. The van der Waals surface area contributed by atoms with Crippen molar-refractivity contribution < 1.29 is 77.6 Å². The van der Waals surface area contributed by atoms with Gasteiger partial charge in [0.2, 0.25) is 70.9 Å². The Bertz CT molecular complexity index is 2880. The van der Waals surface area contributed by atoms with Crippen molar-refractivity contribution in [3.8, 4) is 5.75 Å². The molecular formula is C69H121N17O16. The minimum absolute atomic E-state index is 0.104. The maximum absolute atomic E-state index is 14.7. The third-order valence-corrected chi connectivity index (χ3v) is 17.5. The zero-order chi connectivity index (χ0) is 77.1. The Labute approximate surface area is 599 Å². The molecule has 0 radical (unpaired) electrons. The molecule has 0 unspecified atom stereocenters. The molecule has 0 saturated carbocycles. The van der Waals surface area contributed by atoms with Crippen LogP contribution < -0.4 is 87.2 Å². The molecule has 1 aliphatic rings. The van der Waals surface area contributed by atoms with Gasteiger partial charge in [-0.05, 0) is 178 Å². The number of carbonyl (C=O) groups is 13. The van der Waals surface area contributed by atoms with E-state index in [4.69, 9.17) is 28.7 Å². The minimum atomic E-state index is -1.77. The van der Waals surface area contributed by atoms with E-state index in [1.807, 2.05) is 0 Å². The molecule has 2 rings (SSSR count). The summed E-state index contributed by atoms with van der Waals surface area (Å²) in [5.41, 5.74) is 29.6. The van der Waals surface area contributed by atoms with Crippen LogP contribution in [0.1, 0.15) is 178 Å². The monoisotopic (exact) mass is 1440 g/mol. The van der Waals surface area contributed by atoms with Gasteiger partial charge >= 0.3 is 5.97 Å².